The number of benzene rings is 6. The number of para-hydroxylation sites is 4. The second-order valence-electron chi connectivity index (χ2n) is 9.03. The molecule has 0 amide bonds. The van der Waals surface area contributed by atoms with Crippen LogP contribution in [0.1, 0.15) is 1.37 Å². The Balaban J connectivity index is 1.36. The van der Waals surface area contributed by atoms with E-state index in [9.17, 15) is 0 Å². The summed E-state index contributed by atoms with van der Waals surface area (Å²) in [6.45, 7) is 0. The molecule has 0 heterocycles. The first kappa shape index (κ1) is 22.9. The van der Waals surface area contributed by atoms with Crippen molar-refractivity contribution in [1.82, 2.24) is 0 Å². The van der Waals surface area contributed by atoms with Gasteiger partial charge in [-0.15, -0.1) is 0 Å². The first-order chi connectivity index (χ1) is 19.7. The van der Waals surface area contributed by atoms with Crippen LogP contribution in [0, 0.1) is 0 Å². The molecule has 0 aliphatic rings. The molecular formula is C36H28N2O. The summed E-state index contributed by atoms with van der Waals surface area (Å²) in [5, 5.41) is 0. The molecule has 0 N–H and O–H groups in total. The maximum atomic E-state index is 8.24. The van der Waals surface area contributed by atoms with Gasteiger partial charge in [0.05, 0.1) is 1.37 Å². The smallest absolute Gasteiger partial charge is 0.127 e. The molecule has 39 heavy (non-hydrogen) atoms. The summed E-state index contributed by atoms with van der Waals surface area (Å²) in [6.07, 6.45) is 0. The van der Waals surface area contributed by atoms with Gasteiger partial charge in [-0.1, -0.05) is 72.8 Å². The molecule has 0 aliphatic heterocycles. The van der Waals surface area contributed by atoms with E-state index in [-0.39, 0.29) is 0 Å². The van der Waals surface area contributed by atoms with Crippen LogP contribution in [-0.4, -0.2) is 0 Å². The molecular weight excluding hydrogens is 476 g/mol. The molecule has 0 bridgehead atoms. The summed E-state index contributed by atoms with van der Waals surface area (Å²) in [5.74, 6) is 1.56. The van der Waals surface area contributed by atoms with Gasteiger partial charge < -0.3 is 14.5 Å². The van der Waals surface area contributed by atoms with Crippen LogP contribution >= 0.6 is 0 Å². The molecule has 0 spiro atoms. The van der Waals surface area contributed by atoms with Crippen molar-refractivity contribution in [2.45, 2.75) is 0 Å². The zero-order valence-corrected chi connectivity index (χ0v) is 21.4. The van der Waals surface area contributed by atoms with E-state index in [4.69, 9.17) is 6.11 Å². The lowest BCUT2D eigenvalue weighted by atomic mass is 10.1. The largest absolute Gasteiger partial charge is 0.457 e. The highest BCUT2D eigenvalue weighted by molar-refractivity contribution is 5.81. The zero-order chi connectivity index (χ0) is 27.1. The summed E-state index contributed by atoms with van der Waals surface area (Å²) in [4.78, 5) is 4.40. The number of rotatable bonds is 8. The molecule has 6 aromatic rings. The van der Waals surface area contributed by atoms with Crippen LogP contribution in [0.5, 0.6) is 11.5 Å². The van der Waals surface area contributed by atoms with Crippen molar-refractivity contribution in [2.24, 2.45) is 0 Å². The Bertz CT molecular complexity index is 1620. The van der Waals surface area contributed by atoms with Gasteiger partial charge in [-0.3, -0.25) is 0 Å². The summed E-state index contributed by atoms with van der Waals surface area (Å²) in [5.41, 5.74) is 6.12. The molecule has 0 atom stereocenters. The van der Waals surface area contributed by atoms with Crippen molar-refractivity contribution in [1.29, 1.82) is 0 Å². The Labute approximate surface area is 231 Å². The van der Waals surface area contributed by atoms with Gasteiger partial charge in [0, 0.05) is 34.1 Å². The first-order valence-electron chi connectivity index (χ1n) is 13.4. The topological polar surface area (TPSA) is 15.7 Å². The summed E-state index contributed by atoms with van der Waals surface area (Å²) >= 11 is 0. The van der Waals surface area contributed by atoms with E-state index in [0.29, 0.717) is 6.04 Å². The molecule has 0 aromatic heterocycles. The highest BCUT2D eigenvalue weighted by Gasteiger charge is 2.15. The predicted molar refractivity (Wildman–Crippen MR) is 162 cm³/mol. The Kier molecular flexibility index (Phi) is 6.69. The van der Waals surface area contributed by atoms with Crippen molar-refractivity contribution in [3.8, 4) is 11.5 Å². The van der Waals surface area contributed by atoms with Crippen LogP contribution in [-0.2, 0) is 0 Å². The lowest BCUT2D eigenvalue weighted by molar-refractivity contribution is 0.483. The first-order valence-corrected chi connectivity index (χ1v) is 12.9. The van der Waals surface area contributed by atoms with Crippen LogP contribution in [0.4, 0.5) is 34.1 Å². The Morgan fingerprint density at radius 2 is 0.667 bits per heavy atom. The molecule has 0 saturated carbocycles. The maximum Gasteiger partial charge on any atom is 0.127 e. The fourth-order valence-corrected chi connectivity index (χ4v) is 4.61. The highest BCUT2D eigenvalue weighted by Crippen LogP contribution is 2.39. The highest BCUT2D eigenvalue weighted by atomic mass is 16.5. The summed E-state index contributed by atoms with van der Waals surface area (Å²) < 4.78 is 14.3. The second kappa shape index (κ2) is 11.4. The van der Waals surface area contributed by atoms with E-state index in [0.717, 1.165) is 45.6 Å². The number of hydrogen-bond acceptors (Lipinski definition) is 3. The van der Waals surface area contributed by atoms with Crippen molar-refractivity contribution in [3.05, 3.63) is 170 Å². The van der Waals surface area contributed by atoms with Crippen LogP contribution < -0.4 is 14.5 Å². The van der Waals surface area contributed by atoms with Crippen molar-refractivity contribution >= 4 is 34.1 Å². The minimum Gasteiger partial charge on any atom is -0.457 e. The van der Waals surface area contributed by atoms with Crippen molar-refractivity contribution in [3.63, 3.8) is 0 Å². The van der Waals surface area contributed by atoms with Gasteiger partial charge in [-0.05, 0) is 97.1 Å². The minimum absolute atomic E-state index is 0.461. The molecule has 3 nitrogen and oxygen atoms in total. The lowest BCUT2D eigenvalue weighted by Crippen LogP contribution is -2.12. The fraction of sp³-hybridized carbons (Fsp3) is 0. The number of anilines is 6. The van der Waals surface area contributed by atoms with Crippen LogP contribution in [0.3, 0.4) is 0 Å². The molecule has 0 aliphatic carbocycles. The predicted octanol–water partition coefficient (Wildman–Crippen LogP) is 10.4. The molecule has 0 radical (unpaired) electrons. The normalized spacial score (nSPS) is 10.9. The quantitative estimate of drug-likeness (QED) is 0.204. The van der Waals surface area contributed by atoms with E-state index in [1.54, 1.807) is 6.07 Å². The van der Waals surface area contributed by atoms with E-state index in [2.05, 4.69) is 82.6 Å². The molecule has 3 heteroatoms. The third-order valence-electron chi connectivity index (χ3n) is 6.42. The Morgan fingerprint density at radius 3 is 1.13 bits per heavy atom. The minimum atomic E-state index is 0.461. The lowest BCUT2D eigenvalue weighted by Gasteiger charge is -2.28. The maximum absolute atomic E-state index is 8.24. The van der Waals surface area contributed by atoms with Crippen LogP contribution in [0.15, 0.2) is 170 Å². The van der Waals surface area contributed by atoms with E-state index < -0.39 is 0 Å². The van der Waals surface area contributed by atoms with Gasteiger partial charge in [0.15, 0.2) is 0 Å². The third kappa shape index (κ3) is 5.53. The SMILES string of the molecule is [3H]c1cccc(N(c2ccc(Oc3ccccc3)cc2)c2ccc(N(c3ccccc3)c3ccccc3)cc2)c1. The standard InChI is InChI=1S/C36H28N2O/c1-5-13-29(14-6-1)37(30-15-7-2-8-16-30)32-21-23-33(24-22-32)38(31-17-9-3-10-18-31)34-25-27-36(28-26-34)39-35-19-11-4-12-20-35/h1-28H/i9T. The third-order valence-corrected chi connectivity index (χ3v) is 6.42. The Morgan fingerprint density at radius 1 is 0.333 bits per heavy atom. The molecule has 6 rings (SSSR count). The van der Waals surface area contributed by atoms with Gasteiger partial charge in [-0.25, -0.2) is 0 Å². The van der Waals surface area contributed by atoms with E-state index in [1.807, 2.05) is 84.9 Å². The van der Waals surface area contributed by atoms with Gasteiger partial charge in [-0.2, -0.15) is 0 Å². The molecule has 6 aromatic carbocycles. The van der Waals surface area contributed by atoms with Crippen LogP contribution in [0.25, 0.3) is 0 Å². The van der Waals surface area contributed by atoms with Gasteiger partial charge in [0.2, 0.25) is 0 Å². The number of nitrogens with zero attached hydrogens (tertiary/aromatic N) is 2. The molecule has 188 valence electrons. The summed E-state index contributed by atoms with van der Waals surface area (Å²) in [7, 11) is 0. The molecule has 0 unspecified atom stereocenters. The van der Waals surface area contributed by atoms with Crippen molar-refractivity contribution < 1.29 is 6.11 Å². The van der Waals surface area contributed by atoms with Gasteiger partial charge in [0.25, 0.3) is 0 Å². The average molecular weight is 507 g/mol. The summed E-state index contributed by atoms with van der Waals surface area (Å²) in [6, 6.07) is 55.2. The average Bonchev–Trinajstić information content (AvgIpc) is 3.01. The number of ether oxygens (including phenoxy) is 1. The van der Waals surface area contributed by atoms with Crippen LogP contribution in [0.2, 0.25) is 0 Å². The molecule has 0 saturated heterocycles. The monoisotopic (exact) mass is 506 g/mol. The van der Waals surface area contributed by atoms with E-state index >= 15 is 0 Å². The van der Waals surface area contributed by atoms with Crippen molar-refractivity contribution in [2.75, 3.05) is 9.80 Å². The fourth-order valence-electron chi connectivity index (χ4n) is 4.61. The second-order valence-corrected chi connectivity index (χ2v) is 9.03. The number of hydrogen-bond donors (Lipinski definition) is 0. The van der Waals surface area contributed by atoms with Gasteiger partial charge in [0.1, 0.15) is 11.5 Å². The molecule has 0 fully saturated rings. The zero-order valence-electron chi connectivity index (χ0n) is 22.4. The van der Waals surface area contributed by atoms with E-state index in [1.165, 1.54) is 0 Å². The van der Waals surface area contributed by atoms with Gasteiger partial charge >= 0.3 is 0 Å². The Hall–Kier alpha value is -5.28.